The number of aliphatic hydroxyl groups excluding tert-OH is 1. The number of para-hydroxylation sites is 1. The first kappa shape index (κ1) is 36.6. The Morgan fingerprint density at radius 2 is 1.73 bits per heavy atom. The maximum Gasteiger partial charge on any atom is 0.407 e. The molecule has 3 aromatic carbocycles. The van der Waals surface area contributed by atoms with E-state index in [9.17, 15) is 28.7 Å². The van der Waals surface area contributed by atoms with Gasteiger partial charge in [0, 0.05) is 17.1 Å². The molecule has 0 radical (unpaired) electrons. The molecule has 0 saturated heterocycles. The molecule has 1 aliphatic rings. The van der Waals surface area contributed by atoms with Gasteiger partial charge in [-0.1, -0.05) is 67.9 Å². The van der Waals surface area contributed by atoms with Crippen LogP contribution in [0.2, 0.25) is 5.02 Å². The quantitative estimate of drug-likeness (QED) is 0.111. The lowest BCUT2D eigenvalue weighted by molar-refractivity contribution is -0.176. The lowest BCUT2D eigenvalue weighted by Gasteiger charge is -2.26. The van der Waals surface area contributed by atoms with Crippen LogP contribution in [-0.2, 0) is 35.1 Å². The highest BCUT2D eigenvalue weighted by Crippen LogP contribution is 2.26. The zero-order valence-corrected chi connectivity index (χ0v) is 27.6. The molecule has 0 aliphatic carbocycles. The topological polar surface area (TPSA) is 171 Å². The van der Waals surface area contributed by atoms with Crippen LogP contribution in [0, 0.1) is 11.7 Å². The van der Waals surface area contributed by atoms with Gasteiger partial charge >= 0.3 is 23.9 Å². The number of hydrogen-bond donors (Lipinski definition) is 4. The van der Waals surface area contributed by atoms with Gasteiger partial charge in [-0.15, -0.1) is 0 Å². The molecule has 260 valence electrons. The summed E-state index contributed by atoms with van der Waals surface area (Å²) in [7, 11) is 1.14. The maximum atomic E-state index is 14.4. The second-order valence-electron chi connectivity index (χ2n) is 11.1. The number of hydrazine groups is 2. The molecule has 2 atom stereocenters. The summed E-state index contributed by atoms with van der Waals surface area (Å²) in [6.07, 6.45) is -2.64. The van der Waals surface area contributed by atoms with E-state index in [0.29, 0.717) is 21.7 Å². The Balaban J connectivity index is 1.41. The number of ether oxygens (including phenoxy) is 3. The molecule has 14 nitrogen and oxygen atoms in total. The highest BCUT2D eigenvalue weighted by atomic mass is 35.5. The van der Waals surface area contributed by atoms with E-state index in [4.69, 9.17) is 21.1 Å². The number of benzene rings is 3. The molecule has 2 amide bonds. The molecule has 1 aliphatic heterocycles. The van der Waals surface area contributed by atoms with E-state index in [0.717, 1.165) is 12.8 Å². The van der Waals surface area contributed by atoms with Gasteiger partial charge in [-0.2, -0.15) is 0 Å². The maximum absolute atomic E-state index is 14.4. The molecule has 4 rings (SSSR count). The summed E-state index contributed by atoms with van der Waals surface area (Å²) in [5.74, 6) is -3.51. The molecule has 49 heavy (non-hydrogen) atoms. The summed E-state index contributed by atoms with van der Waals surface area (Å²) in [5.41, 5.74) is 7.84. The lowest BCUT2D eigenvalue weighted by atomic mass is 10.0. The number of nitrogens with zero attached hydrogens (tertiary/aromatic N) is 3. The number of aliphatic hydroxyl groups is 1. The average Bonchev–Trinajstić information content (AvgIpc) is 3.59. The normalized spacial score (nSPS) is 13.6. The van der Waals surface area contributed by atoms with E-state index in [1.165, 1.54) is 23.2 Å². The van der Waals surface area contributed by atoms with Crippen LogP contribution in [0.25, 0.3) is 11.1 Å². The molecule has 4 N–H and O–H groups in total. The number of hydrogen-bond acceptors (Lipinski definition) is 12. The number of amidine groups is 1. The molecule has 0 spiro atoms. The first-order valence-electron chi connectivity index (χ1n) is 15.0. The van der Waals surface area contributed by atoms with Crippen molar-refractivity contribution in [2.75, 3.05) is 32.1 Å². The average molecular weight is 699 g/mol. The third-order valence-corrected chi connectivity index (χ3v) is 7.40. The Morgan fingerprint density at radius 3 is 2.41 bits per heavy atom. The van der Waals surface area contributed by atoms with Crippen molar-refractivity contribution in [3.8, 4) is 11.1 Å². The van der Waals surface area contributed by atoms with E-state index < -0.39 is 55.2 Å². The number of nitrogens with one attached hydrogen (secondary N) is 3. The van der Waals surface area contributed by atoms with Crippen LogP contribution < -0.4 is 21.2 Å². The van der Waals surface area contributed by atoms with Crippen LogP contribution in [-0.4, -0.2) is 79.2 Å². The van der Waals surface area contributed by atoms with Gasteiger partial charge in [0.15, 0.2) is 6.10 Å². The van der Waals surface area contributed by atoms with Gasteiger partial charge in [0.25, 0.3) is 0 Å². The van der Waals surface area contributed by atoms with Crippen LogP contribution in [0.3, 0.4) is 0 Å². The fourth-order valence-corrected chi connectivity index (χ4v) is 4.76. The van der Waals surface area contributed by atoms with Gasteiger partial charge < -0.3 is 24.6 Å². The molecular formula is C33H36ClFN6O8. The monoisotopic (exact) mass is 698 g/mol. The van der Waals surface area contributed by atoms with Crippen molar-refractivity contribution in [2.45, 2.75) is 32.5 Å². The van der Waals surface area contributed by atoms with E-state index in [-0.39, 0.29) is 25.0 Å². The van der Waals surface area contributed by atoms with E-state index in [1.807, 2.05) is 30.3 Å². The molecule has 2 unspecified atom stereocenters. The van der Waals surface area contributed by atoms with Crippen LogP contribution in [0.5, 0.6) is 0 Å². The molecule has 0 fully saturated rings. The van der Waals surface area contributed by atoms with Crippen molar-refractivity contribution < 1.29 is 42.9 Å². The number of halogens is 2. The number of methoxy groups -OCH3 is 1. The van der Waals surface area contributed by atoms with Gasteiger partial charge in [0.05, 0.1) is 19.3 Å². The van der Waals surface area contributed by atoms with Gasteiger partial charge in [-0.3, -0.25) is 20.7 Å². The van der Waals surface area contributed by atoms with Gasteiger partial charge in [0.1, 0.15) is 18.5 Å². The Bertz CT molecular complexity index is 1660. The minimum Gasteiger partial charge on any atom is -0.453 e. The molecule has 3 aromatic rings. The highest BCUT2D eigenvalue weighted by Gasteiger charge is 2.29. The van der Waals surface area contributed by atoms with Gasteiger partial charge in [0.2, 0.25) is 12.6 Å². The summed E-state index contributed by atoms with van der Waals surface area (Å²) in [5, 5.41) is 16.3. The zero-order valence-electron chi connectivity index (χ0n) is 26.9. The van der Waals surface area contributed by atoms with E-state index >= 15 is 0 Å². The number of rotatable bonds is 14. The van der Waals surface area contributed by atoms with Gasteiger partial charge in [-0.05, 0) is 47.4 Å². The summed E-state index contributed by atoms with van der Waals surface area (Å²) in [4.78, 5) is 54.1. The number of alkyl carbamates (subject to hydrolysis) is 1. The van der Waals surface area contributed by atoms with Crippen LogP contribution in [0.1, 0.15) is 19.4 Å². The van der Waals surface area contributed by atoms with E-state index in [2.05, 4.69) is 25.9 Å². The summed E-state index contributed by atoms with van der Waals surface area (Å²) in [6, 6.07) is 19.1. The standard InChI is InChI=1S/C33H36ClFN6O8/c1-20(2)28(37-33(46)47-3)32(45)49-19-48-31(44)27(42)17-40(39-30(43)29-36-18-41(38-29)24-7-5-4-6-8-24)16-21-9-11-22(12-10-21)25-15-23(34)13-14-26(25)35/h4-15,20,27-28,42H,16-19H2,1-3H3,(H,36,38)(H,37,46)(H,39,43). The number of anilines is 1. The first-order valence-corrected chi connectivity index (χ1v) is 15.4. The third-order valence-electron chi connectivity index (χ3n) is 7.17. The second-order valence-corrected chi connectivity index (χ2v) is 11.5. The van der Waals surface area contributed by atoms with Crippen molar-refractivity contribution in [1.82, 2.24) is 21.2 Å². The Labute approximate surface area is 286 Å². The van der Waals surface area contributed by atoms with Crippen molar-refractivity contribution in [2.24, 2.45) is 10.9 Å². The molecule has 16 heteroatoms. The fourth-order valence-electron chi connectivity index (χ4n) is 4.59. The third kappa shape index (κ3) is 10.4. The summed E-state index contributed by atoms with van der Waals surface area (Å²) in [6.45, 7) is 2.19. The molecule has 0 aromatic heterocycles. The lowest BCUT2D eigenvalue weighted by Crippen LogP contribution is -2.52. The fraction of sp³-hybridized carbons (Fsp3) is 0.303. The number of carbonyl (C=O) groups excluding carboxylic acids is 4. The molecule has 0 bridgehead atoms. The molecule has 0 saturated carbocycles. The van der Waals surface area contributed by atoms with Crippen LogP contribution in [0.4, 0.5) is 14.9 Å². The number of aliphatic imine (C=N–C) groups is 1. The Hall–Kier alpha value is -5.25. The zero-order chi connectivity index (χ0) is 35.5. The largest absolute Gasteiger partial charge is 0.453 e. The van der Waals surface area contributed by atoms with Gasteiger partial charge in [-0.25, -0.2) is 28.8 Å². The highest BCUT2D eigenvalue weighted by molar-refractivity contribution is 6.38. The van der Waals surface area contributed by atoms with Crippen LogP contribution >= 0.6 is 11.6 Å². The Kier molecular flexibility index (Phi) is 12.9. The predicted molar refractivity (Wildman–Crippen MR) is 177 cm³/mol. The van der Waals surface area contributed by atoms with Crippen molar-refractivity contribution in [3.63, 3.8) is 0 Å². The van der Waals surface area contributed by atoms with Crippen molar-refractivity contribution in [3.05, 3.63) is 89.2 Å². The van der Waals surface area contributed by atoms with Crippen molar-refractivity contribution >= 4 is 47.1 Å². The predicted octanol–water partition coefficient (Wildman–Crippen LogP) is 3.15. The summed E-state index contributed by atoms with van der Waals surface area (Å²) >= 11 is 6.05. The second kappa shape index (κ2) is 17.2. The minimum absolute atomic E-state index is 0.00564. The SMILES string of the molecule is COC(=O)NC(C(=O)OCOC(=O)C(O)CN(Cc1ccc(-c2cc(Cl)ccc2F)cc1)NC(=O)C1=NCN(c2ccccc2)N1)C(C)C. The first-order chi connectivity index (χ1) is 23.4. The van der Waals surface area contributed by atoms with Crippen molar-refractivity contribution in [1.29, 1.82) is 0 Å². The minimum atomic E-state index is -1.80. The number of amides is 2. The van der Waals surface area contributed by atoms with E-state index in [1.54, 1.807) is 43.1 Å². The molecule has 1 heterocycles. The van der Waals surface area contributed by atoms with Crippen LogP contribution in [0.15, 0.2) is 77.8 Å². The number of esters is 2. The summed E-state index contributed by atoms with van der Waals surface area (Å²) < 4.78 is 28.8. The number of carbonyl (C=O) groups is 4. The Morgan fingerprint density at radius 1 is 1.04 bits per heavy atom. The smallest absolute Gasteiger partial charge is 0.407 e. The molecular weight excluding hydrogens is 663 g/mol.